The largest absolute Gasteiger partial charge is 0.397 e. The van der Waals surface area contributed by atoms with Gasteiger partial charge in [-0.3, -0.25) is 38.8 Å². The molecule has 0 aliphatic rings. The van der Waals surface area contributed by atoms with Crippen LogP contribution in [0.15, 0.2) is 255 Å². The van der Waals surface area contributed by atoms with E-state index < -0.39 is 62.6 Å². The summed E-state index contributed by atoms with van der Waals surface area (Å²) in [7, 11) is -15.8. The van der Waals surface area contributed by atoms with E-state index in [1.165, 1.54) is 38.3 Å². The molecule has 0 radical (unpaired) electrons. The Hall–Kier alpha value is -13.6. The number of hydrogen-bond donors (Lipinski definition) is 5. The summed E-state index contributed by atoms with van der Waals surface area (Å²) in [6.45, 7) is 30.8. The lowest BCUT2D eigenvalue weighted by molar-refractivity contribution is 0.519. The van der Waals surface area contributed by atoms with Gasteiger partial charge in [-0.15, -0.1) is 0 Å². The first-order valence-corrected chi connectivity index (χ1v) is 46.8. The van der Waals surface area contributed by atoms with Crippen molar-refractivity contribution in [2.75, 3.05) is 24.6 Å². The molecule has 6 N–H and O–H groups in total. The number of aromatic nitrogens is 12. The Bertz CT molecular complexity index is 7590. The van der Waals surface area contributed by atoms with Crippen molar-refractivity contribution in [1.82, 2.24) is 59.1 Å². The highest BCUT2D eigenvalue weighted by molar-refractivity contribution is 9.10. The van der Waals surface area contributed by atoms with Gasteiger partial charge in [0.15, 0.2) is 0 Å². The van der Waals surface area contributed by atoms with E-state index in [4.69, 9.17) is 5.73 Å². The Kier molecular flexibility index (Phi) is 25.6. The number of nitrogen functional groups attached to an aromatic ring is 1. The molecule has 34 heteroatoms. The standard InChI is InChI=1S/C24H22FN5O2S.C24H23N5O2S.C23H22BrFN4O2S.C23H25N5O2S/c1-15-12-22(29-33(31,32)17-8-9-19(20(25)13-17)24(2,3)4)30(28-15)21-10-7-16(14-26)23-18(21)6-5-11-27-23;1-16-14-22(28-32(30,31)19-10-8-18(9-11-19)24(2,3)4)29(27-16)21-12-7-17(15-25)23-20(21)6-5-13-26-23;1-14-12-21(28-32(30,31)15-7-8-17(19(25)13-15)23(2,3)4)29(27-14)20-10-9-18(24)22-16(20)6-5-11-26-22;1-15-14-21(27-31(29,30)17-9-7-16(8-10-17)23(2,3)4)28(26-15)20-12-11-19(24)22-18(20)6-5-13-25-22/h5-13,29H,1-4H3;5-14,28H,1-4H3;5-13,28H,1-4H3;5-14,27H,24H2,1-4H3. The maximum atomic E-state index is 14.7. The molecular formula is C94H92BrF2N19O8S4. The van der Waals surface area contributed by atoms with Crippen LogP contribution in [0.5, 0.6) is 0 Å². The highest BCUT2D eigenvalue weighted by Gasteiger charge is 2.30. The second kappa shape index (κ2) is 35.7. The molecule has 0 saturated carbocycles. The average molecular weight is 1860 g/mol. The van der Waals surface area contributed by atoms with Crippen molar-refractivity contribution in [2.24, 2.45) is 0 Å². The minimum absolute atomic E-state index is 0.0598. The molecule has 0 aliphatic carbocycles. The maximum Gasteiger partial charge on any atom is 0.263 e. The molecule has 656 valence electrons. The molecule has 0 aliphatic heterocycles. The van der Waals surface area contributed by atoms with Crippen LogP contribution in [0.2, 0.25) is 0 Å². The van der Waals surface area contributed by atoms with Crippen LogP contribution < -0.4 is 24.6 Å². The third-order valence-corrected chi connectivity index (χ3v) is 26.7. The summed E-state index contributed by atoms with van der Waals surface area (Å²) >= 11 is 3.49. The molecule has 8 heterocycles. The summed E-state index contributed by atoms with van der Waals surface area (Å²) in [6.07, 6.45) is 6.55. The number of nitrogens with one attached hydrogen (secondary N) is 4. The van der Waals surface area contributed by atoms with Gasteiger partial charge >= 0.3 is 0 Å². The number of benzene rings is 8. The van der Waals surface area contributed by atoms with E-state index in [0.29, 0.717) is 112 Å². The number of anilines is 5. The van der Waals surface area contributed by atoms with Gasteiger partial charge in [-0.05, 0) is 233 Å². The van der Waals surface area contributed by atoms with Gasteiger partial charge < -0.3 is 5.73 Å². The van der Waals surface area contributed by atoms with Gasteiger partial charge in [0.1, 0.15) is 47.0 Å². The number of nitrogens with zero attached hydrogens (tertiary/aromatic N) is 14. The van der Waals surface area contributed by atoms with E-state index in [2.05, 4.69) is 129 Å². The van der Waals surface area contributed by atoms with Gasteiger partial charge in [0, 0.05) is 75.1 Å². The average Bonchev–Trinajstić information content (AvgIpc) is 1.63. The van der Waals surface area contributed by atoms with Gasteiger partial charge in [-0.1, -0.05) is 119 Å². The first-order chi connectivity index (χ1) is 60.1. The van der Waals surface area contributed by atoms with Crippen molar-refractivity contribution in [3.05, 3.63) is 303 Å². The summed E-state index contributed by atoms with van der Waals surface area (Å²) in [6, 6.07) is 60.9. The molecule has 16 rings (SSSR count). The van der Waals surface area contributed by atoms with Crippen LogP contribution in [-0.2, 0) is 61.8 Å². The number of halogens is 3. The maximum absolute atomic E-state index is 14.7. The number of fused-ring (bicyclic) bond motifs is 4. The smallest absolute Gasteiger partial charge is 0.263 e. The number of rotatable bonds is 16. The van der Waals surface area contributed by atoms with Crippen molar-refractivity contribution in [3.63, 3.8) is 0 Å². The summed E-state index contributed by atoms with van der Waals surface area (Å²) < 4.78 is 151. The Balaban J connectivity index is 0.000000146. The number of nitrogens with two attached hydrogens (primary N) is 1. The zero-order chi connectivity index (χ0) is 92.7. The third kappa shape index (κ3) is 19.9. The van der Waals surface area contributed by atoms with Crippen molar-refractivity contribution in [3.8, 4) is 34.9 Å². The first-order valence-electron chi connectivity index (χ1n) is 40.1. The van der Waals surface area contributed by atoms with E-state index in [0.717, 1.165) is 44.0 Å². The summed E-state index contributed by atoms with van der Waals surface area (Å²) in [5.41, 5.74) is 16.8. The fourth-order valence-corrected chi connectivity index (χ4v) is 18.8. The van der Waals surface area contributed by atoms with Crippen LogP contribution in [0.4, 0.5) is 37.7 Å². The zero-order valence-corrected chi connectivity index (χ0v) is 77.7. The topological polar surface area (TPSA) is 381 Å². The molecule has 0 atom stereocenters. The van der Waals surface area contributed by atoms with Crippen LogP contribution in [0.3, 0.4) is 0 Å². The number of nitriles is 2. The van der Waals surface area contributed by atoms with Gasteiger partial charge in [0.05, 0.1) is 104 Å². The Morgan fingerprint density at radius 1 is 0.344 bits per heavy atom. The lowest BCUT2D eigenvalue weighted by Crippen LogP contribution is -2.18. The van der Waals surface area contributed by atoms with E-state index in [1.807, 2.05) is 115 Å². The van der Waals surface area contributed by atoms with Crippen LogP contribution >= 0.6 is 15.9 Å². The number of hydrogen-bond acceptors (Lipinski definition) is 19. The SMILES string of the molecule is Cc1cc(NS(=O)(=O)c2ccc(C(C)(C)C)c(F)c2)n(-c2ccc(Br)c3ncccc23)n1.Cc1cc(NS(=O)(=O)c2ccc(C(C)(C)C)c(F)c2)n(-c2ccc(C#N)c3ncccc23)n1.Cc1cc(NS(=O)(=O)c2ccc(C(C)(C)C)cc2)n(-c2ccc(C#N)c3ncccc23)n1.Cc1cc(NS(=O)(=O)c2ccc(C(C)(C)C)cc2)n(-c2ccc(N)c3ncccc23)n1. The van der Waals surface area contributed by atoms with Gasteiger partial charge in [-0.2, -0.15) is 30.9 Å². The molecule has 128 heavy (non-hydrogen) atoms. The number of sulfonamides is 4. The van der Waals surface area contributed by atoms with E-state index in [-0.39, 0.29) is 42.0 Å². The monoisotopic (exact) mass is 1860 g/mol. The molecule has 8 aromatic heterocycles. The predicted octanol–water partition coefficient (Wildman–Crippen LogP) is 19.7. The van der Waals surface area contributed by atoms with Crippen molar-refractivity contribution >= 4 is 129 Å². The van der Waals surface area contributed by atoms with E-state index in [1.54, 1.807) is 153 Å². The molecule has 0 fully saturated rings. The molecule has 27 nitrogen and oxygen atoms in total. The molecule has 0 saturated heterocycles. The molecule has 0 amide bonds. The molecule has 0 bridgehead atoms. The fraction of sp³-hybridized carbons (Fsp3) is 0.213. The molecular weight excluding hydrogens is 1770 g/mol. The Morgan fingerprint density at radius 3 is 0.922 bits per heavy atom. The zero-order valence-electron chi connectivity index (χ0n) is 72.8. The Labute approximate surface area is 750 Å². The quantitative estimate of drug-likeness (QED) is 0.0561. The lowest BCUT2D eigenvalue weighted by Gasteiger charge is -2.20. The number of pyridine rings is 4. The summed E-state index contributed by atoms with van der Waals surface area (Å²) in [5, 5.41) is 39.6. The molecule has 8 aromatic carbocycles. The fourth-order valence-electron chi connectivity index (χ4n) is 14.2. The molecule has 0 spiro atoms. The van der Waals surface area contributed by atoms with Crippen LogP contribution in [0, 0.1) is 62.0 Å². The van der Waals surface area contributed by atoms with Gasteiger partial charge in [0.2, 0.25) is 0 Å². The van der Waals surface area contributed by atoms with Crippen molar-refractivity contribution in [2.45, 2.75) is 152 Å². The van der Waals surface area contributed by atoms with Gasteiger partial charge in [0.25, 0.3) is 40.1 Å². The molecule has 16 aromatic rings. The van der Waals surface area contributed by atoms with E-state index in [9.17, 15) is 53.0 Å². The predicted molar refractivity (Wildman–Crippen MR) is 500 cm³/mol. The number of aryl methyl sites for hydroxylation is 4. The van der Waals surface area contributed by atoms with Crippen molar-refractivity contribution < 1.29 is 42.5 Å². The second-order valence-corrected chi connectivity index (χ2v) is 42.0. The minimum Gasteiger partial charge on any atom is -0.397 e. The second-order valence-electron chi connectivity index (χ2n) is 34.4. The third-order valence-electron chi connectivity index (χ3n) is 20.6. The van der Waals surface area contributed by atoms with E-state index >= 15 is 0 Å². The summed E-state index contributed by atoms with van der Waals surface area (Å²) in [4.78, 5) is 17.4. The van der Waals surface area contributed by atoms with Crippen LogP contribution in [0.1, 0.15) is 139 Å². The lowest BCUT2D eigenvalue weighted by atomic mass is 9.87. The van der Waals surface area contributed by atoms with Crippen LogP contribution in [0.25, 0.3) is 66.4 Å². The molecule has 0 unspecified atom stereocenters. The summed E-state index contributed by atoms with van der Waals surface area (Å²) in [5.74, 6) is -0.0724. The Morgan fingerprint density at radius 2 is 0.617 bits per heavy atom. The highest BCUT2D eigenvalue weighted by Crippen LogP contribution is 2.38. The normalized spacial score (nSPS) is 12.1. The van der Waals surface area contributed by atoms with Crippen LogP contribution in [-0.4, -0.2) is 92.7 Å². The minimum atomic E-state index is -4.10. The highest BCUT2D eigenvalue weighted by atomic mass is 79.9. The van der Waals surface area contributed by atoms with Crippen molar-refractivity contribution in [1.29, 1.82) is 10.5 Å². The first kappa shape index (κ1) is 92.0. The van der Waals surface area contributed by atoms with Gasteiger partial charge in [-0.25, -0.2) is 61.2 Å².